The van der Waals surface area contributed by atoms with Crippen LogP contribution in [0.4, 0.5) is 0 Å². The third-order valence-electron chi connectivity index (χ3n) is 3.40. The highest BCUT2D eigenvalue weighted by molar-refractivity contribution is 8.07. The Bertz CT molecular complexity index is 399. The monoisotopic (exact) mass is 297 g/mol. The van der Waals surface area contributed by atoms with Crippen molar-refractivity contribution >= 4 is 23.5 Å². The Hall–Kier alpha value is -0.320. The molecule has 1 aliphatic rings. The number of nitrogens with two attached hydrogens (primary N) is 1. The largest absolute Gasteiger partial charge is 0.494 e. The Morgan fingerprint density at radius 1 is 1.32 bits per heavy atom. The normalized spacial score (nSPS) is 25.0. The molecule has 4 heteroatoms. The molecule has 0 spiro atoms. The van der Waals surface area contributed by atoms with Gasteiger partial charge in [-0.05, 0) is 31.0 Å². The molecular weight excluding hydrogens is 274 g/mol. The molecule has 1 aromatic rings. The van der Waals surface area contributed by atoms with Crippen LogP contribution in [0.15, 0.2) is 24.3 Å². The van der Waals surface area contributed by atoms with E-state index in [9.17, 15) is 0 Å². The molecule has 2 rings (SSSR count). The maximum absolute atomic E-state index is 6.51. The summed E-state index contributed by atoms with van der Waals surface area (Å²) >= 11 is 4.11. The fourth-order valence-electron chi connectivity index (χ4n) is 2.44. The average molecular weight is 297 g/mol. The maximum atomic E-state index is 6.51. The van der Waals surface area contributed by atoms with Gasteiger partial charge < -0.3 is 10.5 Å². The van der Waals surface area contributed by atoms with Crippen LogP contribution < -0.4 is 10.5 Å². The van der Waals surface area contributed by atoms with Crippen molar-refractivity contribution in [1.29, 1.82) is 0 Å². The first kappa shape index (κ1) is 15.1. The number of ether oxygens (including phenoxy) is 1. The number of benzene rings is 1. The van der Waals surface area contributed by atoms with Gasteiger partial charge in [-0.15, -0.1) is 0 Å². The van der Waals surface area contributed by atoms with E-state index in [4.69, 9.17) is 10.5 Å². The van der Waals surface area contributed by atoms with Crippen molar-refractivity contribution in [2.45, 2.75) is 36.8 Å². The summed E-state index contributed by atoms with van der Waals surface area (Å²) in [6.07, 6.45) is 1.20. The number of hydrogen-bond acceptors (Lipinski definition) is 4. The standard InChI is InChI=1S/C15H23NOS2/c1-3-13-15(19-9-8-18-13)14(16)11-6-5-7-12(10-11)17-4-2/h5-7,10,13-15H,3-4,8-9,16H2,1-2H3. The number of thioether (sulfide) groups is 2. The van der Waals surface area contributed by atoms with Gasteiger partial charge in [0.15, 0.2) is 0 Å². The lowest BCUT2D eigenvalue weighted by Crippen LogP contribution is -2.35. The number of hydrogen-bond donors (Lipinski definition) is 1. The first-order valence-electron chi connectivity index (χ1n) is 6.97. The molecule has 19 heavy (non-hydrogen) atoms. The van der Waals surface area contributed by atoms with Crippen molar-refractivity contribution in [2.24, 2.45) is 5.73 Å². The molecule has 3 atom stereocenters. The van der Waals surface area contributed by atoms with Crippen LogP contribution in [-0.2, 0) is 0 Å². The van der Waals surface area contributed by atoms with Crippen molar-refractivity contribution in [2.75, 3.05) is 18.1 Å². The summed E-state index contributed by atoms with van der Waals surface area (Å²) in [5.41, 5.74) is 7.71. The minimum absolute atomic E-state index is 0.100. The second kappa shape index (κ2) is 7.46. The van der Waals surface area contributed by atoms with Crippen molar-refractivity contribution in [3.63, 3.8) is 0 Å². The zero-order valence-corrected chi connectivity index (χ0v) is 13.3. The van der Waals surface area contributed by atoms with E-state index in [1.165, 1.54) is 23.5 Å². The van der Waals surface area contributed by atoms with Crippen molar-refractivity contribution in [3.8, 4) is 5.75 Å². The lowest BCUT2D eigenvalue weighted by Gasteiger charge is -2.34. The molecule has 3 unspecified atom stereocenters. The molecule has 0 amide bonds. The Labute approximate surface area is 124 Å². The van der Waals surface area contributed by atoms with Crippen LogP contribution in [0.5, 0.6) is 5.75 Å². The summed E-state index contributed by atoms with van der Waals surface area (Å²) in [5.74, 6) is 3.40. The predicted octanol–water partition coefficient (Wildman–Crippen LogP) is 3.71. The maximum Gasteiger partial charge on any atom is 0.119 e. The fraction of sp³-hybridized carbons (Fsp3) is 0.600. The summed E-state index contributed by atoms with van der Waals surface area (Å²) in [5, 5.41) is 1.19. The molecule has 0 saturated carbocycles. The van der Waals surface area contributed by atoms with Gasteiger partial charge in [0.25, 0.3) is 0 Å². The first-order valence-corrected chi connectivity index (χ1v) is 9.07. The van der Waals surface area contributed by atoms with Gasteiger partial charge in [0.2, 0.25) is 0 Å². The van der Waals surface area contributed by atoms with Gasteiger partial charge in [-0.2, -0.15) is 23.5 Å². The summed E-state index contributed by atoms with van der Waals surface area (Å²) in [6, 6.07) is 8.37. The van der Waals surface area contributed by atoms with E-state index in [1.807, 2.05) is 30.8 Å². The molecule has 1 aromatic carbocycles. The van der Waals surface area contributed by atoms with Crippen LogP contribution in [0.2, 0.25) is 0 Å². The SMILES string of the molecule is CCOc1cccc(C(N)C2SCCSC2CC)c1. The molecule has 0 radical (unpaired) electrons. The van der Waals surface area contributed by atoms with E-state index >= 15 is 0 Å². The van der Waals surface area contributed by atoms with Crippen LogP contribution in [0.1, 0.15) is 31.9 Å². The lowest BCUT2D eigenvalue weighted by molar-refractivity contribution is 0.339. The molecule has 1 aliphatic heterocycles. The summed E-state index contributed by atoms with van der Waals surface area (Å²) in [7, 11) is 0. The summed E-state index contributed by atoms with van der Waals surface area (Å²) in [4.78, 5) is 0. The molecule has 1 saturated heterocycles. The molecule has 1 heterocycles. The molecule has 0 aliphatic carbocycles. The number of rotatable bonds is 5. The predicted molar refractivity (Wildman–Crippen MR) is 87.3 cm³/mol. The van der Waals surface area contributed by atoms with Gasteiger partial charge in [-0.25, -0.2) is 0 Å². The third-order valence-corrected chi connectivity index (χ3v) is 6.77. The van der Waals surface area contributed by atoms with E-state index in [0.717, 1.165) is 5.75 Å². The molecule has 2 N–H and O–H groups in total. The third kappa shape index (κ3) is 3.83. The van der Waals surface area contributed by atoms with Crippen LogP contribution >= 0.6 is 23.5 Å². The van der Waals surface area contributed by atoms with Crippen molar-refractivity contribution in [3.05, 3.63) is 29.8 Å². The van der Waals surface area contributed by atoms with Gasteiger partial charge in [0, 0.05) is 28.0 Å². The van der Waals surface area contributed by atoms with Crippen molar-refractivity contribution < 1.29 is 4.74 Å². The minimum Gasteiger partial charge on any atom is -0.494 e. The van der Waals surface area contributed by atoms with Gasteiger partial charge in [-0.3, -0.25) is 0 Å². The second-order valence-electron chi connectivity index (χ2n) is 4.68. The Morgan fingerprint density at radius 2 is 2.11 bits per heavy atom. The van der Waals surface area contributed by atoms with Crippen molar-refractivity contribution in [1.82, 2.24) is 0 Å². The fourth-order valence-corrected chi connectivity index (χ4v) is 5.62. The van der Waals surface area contributed by atoms with Gasteiger partial charge in [0.05, 0.1) is 6.61 Å². The minimum atomic E-state index is 0.100. The van der Waals surface area contributed by atoms with Gasteiger partial charge in [-0.1, -0.05) is 19.1 Å². The van der Waals surface area contributed by atoms with Crippen LogP contribution in [0.25, 0.3) is 0 Å². The zero-order chi connectivity index (χ0) is 13.7. The lowest BCUT2D eigenvalue weighted by atomic mass is 10.0. The smallest absolute Gasteiger partial charge is 0.119 e. The van der Waals surface area contributed by atoms with Crippen LogP contribution in [-0.4, -0.2) is 28.6 Å². The highest BCUT2D eigenvalue weighted by Crippen LogP contribution is 2.39. The van der Waals surface area contributed by atoms with Gasteiger partial charge >= 0.3 is 0 Å². The van der Waals surface area contributed by atoms with E-state index in [1.54, 1.807) is 0 Å². The average Bonchev–Trinajstić information content (AvgIpc) is 2.47. The topological polar surface area (TPSA) is 35.2 Å². The zero-order valence-electron chi connectivity index (χ0n) is 11.7. The molecule has 0 bridgehead atoms. The molecular formula is C15H23NOS2. The Balaban J connectivity index is 2.12. The van der Waals surface area contributed by atoms with Gasteiger partial charge in [0.1, 0.15) is 5.75 Å². The Morgan fingerprint density at radius 3 is 2.84 bits per heavy atom. The summed E-state index contributed by atoms with van der Waals surface area (Å²) < 4.78 is 5.57. The van der Waals surface area contributed by atoms with E-state index in [2.05, 4.69) is 30.8 Å². The second-order valence-corrected chi connectivity index (χ2v) is 7.32. The molecule has 0 aromatic heterocycles. The quantitative estimate of drug-likeness (QED) is 0.898. The molecule has 1 fully saturated rings. The highest BCUT2D eigenvalue weighted by atomic mass is 32.2. The summed E-state index contributed by atoms with van der Waals surface area (Å²) in [6.45, 7) is 4.97. The van der Waals surface area contributed by atoms with E-state index in [0.29, 0.717) is 17.1 Å². The van der Waals surface area contributed by atoms with Crippen LogP contribution in [0.3, 0.4) is 0 Å². The van der Waals surface area contributed by atoms with Crippen LogP contribution in [0, 0.1) is 0 Å². The van der Waals surface area contributed by atoms with E-state index < -0.39 is 0 Å². The first-order chi connectivity index (χ1) is 9.26. The molecule has 2 nitrogen and oxygen atoms in total. The molecule has 106 valence electrons. The Kier molecular flexibility index (Phi) is 5.92. The van der Waals surface area contributed by atoms with E-state index in [-0.39, 0.29) is 6.04 Å². The highest BCUT2D eigenvalue weighted by Gasteiger charge is 2.30.